The summed E-state index contributed by atoms with van der Waals surface area (Å²) in [6.07, 6.45) is 1.04. The predicted molar refractivity (Wildman–Crippen MR) is 49.7 cm³/mol. The molecule has 0 radical (unpaired) electrons. The summed E-state index contributed by atoms with van der Waals surface area (Å²) in [5, 5.41) is 0.779. The highest BCUT2D eigenvalue weighted by atomic mass is 32.1. The first-order valence-electron chi connectivity index (χ1n) is 2.65. The highest BCUT2D eigenvalue weighted by Gasteiger charge is 2.05. The third-order valence-electron chi connectivity index (χ3n) is 0.982. The van der Waals surface area contributed by atoms with E-state index in [2.05, 4.69) is 37.9 Å². The van der Waals surface area contributed by atoms with Crippen LogP contribution in [0.3, 0.4) is 0 Å². The quantitative estimate of drug-likeness (QED) is 0.527. The second kappa shape index (κ2) is 4.89. The Kier molecular flexibility index (Phi) is 5.53. The van der Waals surface area contributed by atoms with E-state index in [4.69, 9.17) is 0 Å². The standard InChI is InChI=1S/C5H12S3/c1-4(7)5(8)2-3-6/h4-8H,2-3H2,1H3. The normalized spacial score (nSPS) is 18.0. The highest BCUT2D eigenvalue weighted by molar-refractivity contribution is 7.85. The molecule has 0 aliphatic carbocycles. The summed E-state index contributed by atoms with van der Waals surface area (Å²) in [5.41, 5.74) is 0. The van der Waals surface area contributed by atoms with Crippen LogP contribution in [0.2, 0.25) is 0 Å². The molecule has 0 aromatic carbocycles. The van der Waals surface area contributed by atoms with Crippen molar-refractivity contribution in [2.45, 2.75) is 23.8 Å². The molecule has 0 spiro atoms. The Bertz CT molecular complexity index is 53.6. The highest BCUT2D eigenvalue weighted by Crippen LogP contribution is 2.11. The van der Waals surface area contributed by atoms with Gasteiger partial charge in [0.05, 0.1) is 0 Å². The number of rotatable bonds is 3. The monoisotopic (exact) mass is 168 g/mol. The topological polar surface area (TPSA) is 0 Å². The van der Waals surface area contributed by atoms with Gasteiger partial charge in [0, 0.05) is 10.5 Å². The Hall–Kier alpha value is 1.05. The molecule has 0 N–H and O–H groups in total. The van der Waals surface area contributed by atoms with Gasteiger partial charge in [-0.1, -0.05) is 6.92 Å². The van der Waals surface area contributed by atoms with Crippen LogP contribution >= 0.6 is 37.9 Å². The maximum Gasteiger partial charge on any atom is 0.0138 e. The zero-order chi connectivity index (χ0) is 6.57. The van der Waals surface area contributed by atoms with Crippen molar-refractivity contribution in [1.82, 2.24) is 0 Å². The summed E-state index contributed by atoms with van der Waals surface area (Å²) in [7, 11) is 0. The van der Waals surface area contributed by atoms with Crippen LogP contribution in [0.25, 0.3) is 0 Å². The molecule has 0 aromatic rings. The molecular weight excluding hydrogens is 156 g/mol. The Morgan fingerprint density at radius 1 is 1.38 bits per heavy atom. The van der Waals surface area contributed by atoms with E-state index >= 15 is 0 Å². The van der Waals surface area contributed by atoms with Crippen LogP contribution in [0.4, 0.5) is 0 Å². The van der Waals surface area contributed by atoms with Gasteiger partial charge in [-0.05, 0) is 12.2 Å². The molecule has 2 unspecified atom stereocenters. The van der Waals surface area contributed by atoms with Gasteiger partial charge in [0.1, 0.15) is 0 Å². The predicted octanol–water partition coefficient (Wildman–Crippen LogP) is 1.92. The van der Waals surface area contributed by atoms with Crippen LogP contribution in [0.5, 0.6) is 0 Å². The molecule has 0 aliphatic heterocycles. The molecule has 8 heavy (non-hydrogen) atoms. The first-order chi connectivity index (χ1) is 3.68. The van der Waals surface area contributed by atoms with Crippen LogP contribution in [0, 0.1) is 0 Å². The van der Waals surface area contributed by atoms with Crippen molar-refractivity contribution >= 4 is 37.9 Å². The first-order valence-corrected chi connectivity index (χ1v) is 4.32. The fourth-order valence-electron chi connectivity index (χ4n) is 0.373. The van der Waals surface area contributed by atoms with Crippen molar-refractivity contribution in [2.75, 3.05) is 5.75 Å². The van der Waals surface area contributed by atoms with E-state index in [1.54, 1.807) is 0 Å². The summed E-state index contributed by atoms with van der Waals surface area (Å²) >= 11 is 12.6. The molecule has 0 saturated heterocycles. The largest absolute Gasteiger partial charge is 0.179 e. The minimum atomic E-state index is 0.380. The molecule has 0 bridgehead atoms. The lowest BCUT2D eigenvalue weighted by Crippen LogP contribution is -2.11. The first kappa shape index (κ1) is 9.05. The summed E-state index contributed by atoms with van der Waals surface area (Å²) < 4.78 is 0. The molecular formula is C5H12S3. The van der Waals surface area contributed by atoms with Crippen LogP contribution < -0.4 is 0 Å². The van der Waals surface area contributed by atoms with Gasteiger partial charge in [-0.2, -0.15) is 37.9 Å². The second-order valence-electron chi connectivity index (χ2n) is 1.82. The SMILES string of the molecule is CC(S)C(S)CCS. The smallest absolute Gasteiger partial charge is 0.0138 e. The molecule has 3 heteroatoms. The van der Waals surface area contributed by atoms with E-state index in [9.17, 15) is 0 Å². The molecule has 0 aromatic heterocycles. The molecule has 0 heterocycles. The molecule has 0 fully saturated rings. The fourth-order valence-corrected chi connectivity index (χ4v) is 1.13. The van der Waals surface area contributed by atoms with Crippen LogP contribution in [-0.2, 0) is 0 Å². The van der Waals surface area contributed by atoms with E-state index in [0.717, 1.165) is 12.2 Å². The summed E-state index contributed by atoms with van der Waals surface area (Å²) in [5.74, 6) is 0.902. The van der Waals surface area contributed by atoms with Crippen molar-refractivity contribution < 1.29 is 0 Å². The maximum absolute atomic E-state index is 4.28. The molecule has 0 saturated carbocycles. The Morgan fingerprint density at radius 2 is 1.88 bits per heavy atom. The minimum absolute atomic E-state index is 0.380. The average molecular weight is 168 g/mol. The van der Waals surface area contributed by atoms with E-state index in [1.165, 1.54) is 0 Å². The zero-order valence-electron chi connectivity index (χ0n) is 4.91. The molecule has 50 valence electrons. The maximum atomic E-state index is 4.28. The van der Waals surface area contributed by atoms with E-state index < -0.39 is 0 Å². The van der Waals surface area contributed by atoms with E-state index in [-0.39, 0.29) is 0 Å². The molecule has 2 atom stereocenters. The Morgan fingerprint density at radius 3 is 2.00 bits per heavy atom. The van der Waals surface area contributed by atoms with E-state index in [0.29, 0.717) is 10.5 Å². The van der Waals surface area contributed by atoms with Crippen molar-refractivity contribution in [3.63, 3.8) is 0 Å². The molecule has 0 nitrogen and oxygen atoms in total. The van der Waals surface area contributed by atoms with Crippen molar-refractivity contribution in [1.29, 1.82) is 0 Å². The molecule has 0 amide bonds. The molecule has 0 rings (SSSR count). The third kappa shape index (κ3) is 3.98. The lowest BCUT2D eigenvalue weighted by molar-refractivity contribution is 0.827. The fraction of sp³-hybridized carbons (Fsp3) is 1.00. The number of hydrogen-bond donors (Lipinski definition) is 3. The van der Waals surface area contributed by atoms with Gasteiger partial charge in [0.25, 0.3) is 0 Å². The van der Waals surface area contributed by atoms with Gasteiger partial charge in [-0.25, -0.2) is 0 Å². The second-order valence-corrected chi connectivity index (χ2v) is 3.75. The zero-order valence-corrected chi connectivity index (χ0v) is 7.59. The van der Waals surface area contributed by atoms with Crippen LogP contribution in [0.15, 0.2) is 0 Å². The van der Waals surface area contributed by atoms with Crippen molar-refractivity contribution in [3.05, 3.63) is 0 Å². The number of hydrogen-bond acceptors (Lipinski definition) is 3. The van der Waals surface area contributed by atoms with Gasteiger partial charge in [0.2, 0.25) is 0 Å². The third-order valence-corrected chi connectivity index (χ3v) is 2.54. The summed E-state index contributed by atoms with van der Waals surface area (Å²) in [6.45, 7) is 2.05. The molecule has 0 aliphatic rings. The summed E-state index contributed by atoms with van der Waals surface area (Å²) in [6, 6.07) is 0. The van der Waals surface area contributed by atoms with Gasteiger partial charge < -0.3 is 0 Å². The van der Waals surface area contributed by atoms with Gasteiger partial charge in [0.15, 0.2) is 0 Å². The van der Waals surface area contributed by atoms with Gasteiger partial charge in [-0.15, -0.1) is 0 Å². The minimum Gasteiger partial charge on any atom is -0.179 e. The van der Waals surface area contributed by atoms with Crippen LogP contribution in [0.1, 0.15) is 13.3 Å². The lowest BCUT2D eigenvalue weighted by Gasteiger charge is -2.10. The lowest BCUT2D eigenvalue weighted by atomic mass is 10.2. The van der Waals surface area contributed by atoms with Gasteiger partial charge >= 0.3 is 0 Å². The average Bonchev–Trinajstić information content (AvgIpc) is 1.67. The Balaban J connectivity index is 3.17. The number of thiol groups is 3. The van der Waals surface area contributed by atoms with E-state index in [1.807, 2.05) is 6.92 Å². The Labute approximate surface area is 67.7 Å². The van der Waals surface area contributed by atoms with Crippen LogP contribution in [-0.4, -0.2) is 16.3 Å². The van der Waals surface area contributed by atoms with Crippen molar-refractivity contribution in [3.8, 4) is 0 Å². The van der Waals surface area contributed by atoms with Gasteiger partial charge in [-0.3, -0.25) is 0 Å². The summed E-state index contributed by atoms with van der Waals surface area (Å²) in [4.78, 5) is 0. The van der Waals surface area contributed by atoms with Crippen molar-refractivity contribution in [2.24, 2.45) is 0 Å².